The Morgan fingerprint density at radius 3 is 2.37 bits per heavy atom. The van der Waals surface area contributed by atoms with Crippen LogP contribution in [0.25, 0.3) is 0 Å². The van der Waals surface area contributed by atoms with E-state index in [0.29, 0.717) is 5.56 Å². The fraction of sp³-hybridized carbons (Fsp3) is 0.280. The third kappa shape index (κ3) is 6.69. The SMILES string of the molecule is COC(=O)c1ccc(COc2cc(C)c(C)cc2N(CC(C)F)S(=O)(=O)Oc2ccccn2)cc1. The molecule has 8 nitrogen and oxygen atoms in total. The lowest BCUT2D eigenvalue weighted by atomic mass is 10.1. The van der Waals surface area contributed by atoms with E-state index in [1.54, 1.807) is 48.5 Å². The minimum atomic E-state index is -4.48. The first-order chi connectivity index (χ1) is 16.6. The van der Waals surface area contributed by atoms with Crippen molar-refractivity contribution >= 4 is 22.0 Å². The zero-order valence-corrected chi connectivity index (χ0v) is 20.7. The first kappa shape index (κ1) is 26.0. The van der Waals surface area contributed by atoms with Crippen molar-refractivity contribution in [2.24, 2.45) is 0 Å². The number of methoxy groups -OCH3 is 1. The number of carbonyl (C=O) groups is 1. The largest absolute Gasteiger partial charge is 0.487 e. The van der Waals surface area contributed by atoms with Gasteiger partial charge in [0, 0.05) is 12.3 Å². The summed E-state index contributed by atoms with van der Waals surface area (Å²) in [4.78, 5) is 15.5. The highest BCUT2D eigenvalue weighted by Crippen LogP contribution is 2.35. The molecule has 0 aliphatic heterocycles. The number of hydrogen-bond donors (Lipinski definition) is 0. The molecule has 0 spiro atoms. The second kappa shape index (κ2) is 11.2. The summed E-state index contributed by atoms with van der Waals surface area (Å²) in [5.41, 5.74) is 2.92. The molecule has 0 saturated heterocycles. The Labute approximate surface area is 204 Å². The molecule has 3 aromatic rings. The van der Waals surface area contributed by atoms with E-state index in [0.717, 1.165) is 21.0 Å². The predicted molar refractivity (Wildman–Crippen MR) is 130 cm³/mol. The Bertz CT molecular complexity index is 1270. The first-order valence-electron chi connectivity index (χ1n) is 10.8. The maximum atomic E-state index is 14.1. The molecule has 35 heavy (non-hydrogen) atoms. The second-order valence-electron chi connectivity index (χ2n) is 7.90. The van der Waals surface area contributed by atoms with E-state index in [1.165, 1.54) is 26.3 Å². The van der Waals surface area contributed by atoms with E-state index in [-0.39, 0.29) is 23.9 Å². The number of aryl methyl sites for hydroxylation is 2. The van der Waals surface area contributed by atoms with Crippen molar-refractivity contribution in [1.29, 1.82) is 0 Å². The molecule has 1 unspecified atom stereocenters. The van der Waals surface area contributed by atoms with Crippen LogP contribution < -0.4 is 13.2 Å². The maximum Gasteiger partial charge on any atom is 0.411 e. The summed E-state index contributed by atoms with van der Waals surface area (Å²) in [6.07, 6.45) is -0.0966. The lowest BCUT2D eigenvalue weighted by Crippen LogP contribution is -2.39. The van der Waals surface area contributed by atoms with Crippen LogP contribution in [0.3, 0.4) is 0 Å². The molecule has 1 atom stereocenters. The third-order valence-electron chi connectivity index (χ3n) is 5.13. The Balaban J connectivity index is 1.94. The van der Waals surface area contributed by atoms with E-state index in [1.807, 2.05) is 13.8 Å². The summed E-state index contributed by atoms with van der Waals surface area (Å²) in [6.45, 7) is 4.53. The van der Waals surface area contributed by atoms with Gasteiger partial charge in [-0.3, -0.25) is 0 Å². The zero-order valence-electron chi connectivity index (χ0n) is 19.9. The second-order valence-corrected chi connectivity index (χ2v) is 9.37. The monoisotopic (exact) mass is 502 g/mol. The molecule has 0 amide bonds. The van der Waals surface area contributed by atoms with Crippen molar-refractivity contribution in [3.05, 3.63) is 83.0 Å². The van der Waals surface area contributed by atoms with Crippen LogP contribution in [0.4, 0.5) is 10.1 Å². The van der Waals surface area contributed by atoms with Crippen molar-refractivity contribution in [3.8, 4) is 11.6 Å². The van der Waals surface area contributed by atoms with Crippen molar-refractivity contribution in [2.45, 2.75) is 33.5 Å². The number of aromatic nitrogens is 1. The Kier molecular flexibility index (Phi) is 8.29. The molecular formula is C25H27FN2O6S. The number of rotatable bonds is 10. The van der Waals surface area contributed by atoms with Gasteiger partial charge in [0.15, 0.2) is 0 Å². The van der Waals surface area contributed by atoms with E-state index < -0.39 is 29.0 Å². The van der Waals surface area contributed by atoms with Gasteiger partial charge in [-0.2, -0.15) is 8.42 Å². The summed E-state index contributed by atoms with van der Waals surface area (Å²) in [6, 6.07) is 14.5. The van der Waals surface area contributed by atoms with Gasteiger partial charge in [-0.25, -0.2) is 18.5 Å². The quantitative estimate of drug-likeness (QED) is 0.375. The number of alkyl halides is 1. The zero-order chi connectivity index (χ0) is 25.6. The number of halogens is 1. The van der Waals surface area contributed by atoms with Crippen molar-refractivity contribution < 1.29 is 31.3 Å². The van der Waals surface area contributed by atoms with Gasteiger partial charge in [-0.15, -0.1) is 0 Å². The number of pyridine rings is 1. The highest BCUT2D eigenvalue weighted by molar-refractivity contribution is 7.88. The van der Waals surface area contributed by atoms with Gasteiger partial charge >= 0.3 is 16.3 Å². The van der Waals surface area contributed by atoms with Crippen molar-refractivity contribution in [1.82, 2.24) is 4.98 Å². The van der Waals surface area contributed by atoms with Gasteiger partial charge in [0.25, 0.3) is 0 Å². The first-order valence-corrected chi connectivity index (χ1v) is 12.2. The maximum absolute atomic E-state index is 14.1. The fourth-order valence-corrected chi connectivity index (χ4v) is 4.36. The standard InChI is InChI=1S/C25H27FN2O6S/c1-17-13-22(28(15-19(3)26)35(30,31)34-24-7-5-6-12-27-24)23(14-18(17)2)33-16-20-8-10-21(11-9-20)25(29)32-4/h5-14,19H,15-16H2,1-4H3. The van der Waals surface area contributed by atoms with Crippen LogP contribution in [-0.2, 0) is 21.6 Å². The average molecular weight is 503 g/mol. The van der Waals surface area contributed by atoms with Crippen molar-refractivity contribution in [2.75, 3.05) is 18.0 Å². The molecule has 10 heteroatoms. The van der Waals surface area contributed by atoms with E-state index in [2.05, 4.69) is 4.98 Å². The van der Waals surface area contributed by atoms with Crippen LogP contribution in [0.1, 0.15) is 34.0 Å². The molecular weight excluding hydrogens is 475 g/mol. The summed E-state index contributed by atoms with van der Waals surface area (Å²) in [5, 5.41) is 0. The minimum absolute atomic E-state index is 0.0805. The number of nitrogens with zero attached hydrogens (tertiary/aromatic N) is 2. The Morgan fingerprint density at radius 2 is 1.77 bits per heavy atom. The van der Waals surface area contributed by atoms with Gasteiger partial charge in [0.05, 0.1) is 24.9 Å². The predicted octanol–water partition coefficient (Wildman–Crippen LogP) is 4.55. The average Bonchev–Trinajstić information content (AvgIpc) is 2.83. The summed E-state index contributed by atoms with van der Waals surface area (Å²) in [5.74, 6) is -0.358. The van der Waals surface area contributed by atoms with Gasteiger partial charge in [-0.1, -0.05) is 18.2 Å². The lowest BCUT2D eigenvalue weighted by molar-refractivity contribution is 0.0600. The van der Waals surface area contributed by atoms with Crippen molar-refractivity contribution in [3.63, 3.8) is 0 Å². The van der Waals surface area contributed by atoms with Crippen LogP contribution in [0.5, 0.6) is 11.6 Å². The molecule has 0 bridgehead atoms. The molecule has 0 aliphatic carbocycles. The number of hydrogen-bond acceptors (Lipinski definition) is 7. The normalized spacial score (nSPS) is 12.0. The van der Waals surface area contributed by atoms with E-state index >= 15 is 0 Å². The highest BCUT2D eigenvalue weighted by atomic mass is 32.2. The molecule has 0 aliphatic rings. The molecule has 1 heterocycles. The third-order valence-corrected chi connectivity index (χ3v) is 6.40. The Morgan fingerprint density at radius 1 is 1.09 bits per heavy atom. The van der Waals surface area contributed by atoms with Crippen LogP contribution in [0.15, 0.2) is 60.8 Å². The number of carbonyl (C=O) groups excluding carboxylic acids is 1. The summed E-state index contributed by atoms with van der Waals surface area (Å²) in [7, 11) is -3.18. The number of anilines is 1. The lowest BCUT2D eigenvalue weighted by Gasteiger charge is -2.26. The van der Waals surface area contributed by atoms with Crippen LogP contribution >= 0.6 is 0 Å². The topological polar surface area (TPSA) is 95.0 Å². The highest BCUT2D eigenvalue weighted by Gasteiger charge is 2.30. The van der Waals surface area contributed by atoms with Crippen LogP contribution in [-0.4, -0.2) is 39.2 Å². The fourth-order valence-electron chi connectivity index (χ4n) is 3.19. The molecule has 186 valence electrons. The smallest absolute Gasteiger partial charge is 0.411 e. The number of esters is 1. The van der Waals surface area contributed by atoms with E-state index in [9.17, 15) is 17.6 Å². The Hall–Kier alpha value is -3.66. The molecule has 2 aromatic carbocycles. The molecule has 3 rings (SSSR count). The molecule has 1 aromatic heterocycles. The summed E-state index contributed by atoms with van der Waals surface area (Å²) < 4.78 is 57.2. The van der Waals surface area contributed by atoms with Gasteiger partial charge < -0.3 is 13.7 Å². The summed E-state index contributed by atoms with van der Waals surface area (Å²) >= 11 is 0. The number of benzene rings is 2. The van der Waals surface area contributed by atoms with E-state index in [4.69, 9.17) is 13.7 Å². The minimum Gasteiger partial charge on any atom is -0.487 e. The number of ether oxygens (including phenoxy) is 2. The molecule has 0 saturated carbocycles. The van der Waals surface area contributed by atoms with Crippen LogP contribution in [0, 0.1) is 13.8 Å². The molecule has 0 radical (unpaired) electrons. The van der Waals surface area contributed by atoms with Gasteiger partial charge in [-0.05, 0) is 67.8 Å². The van der Waals surface area contributed by atoms with Crippen LogP contribution in [0.2, 0.25) is 0 Å². The van der Waals surface area contributed by atoms with Gasteiger partial charge in [0.1, 0.15) is 18.5 Å². The molecule has 0 fully saturated rings. The van der Waals surface area contributed by atoms with Gasteiger partial charge in [0.2, 0.25) is 5.88 Å². The molecule has 0 N–H and O–H groups in total.